The molecule has 0 aliphatic heterocycles. The Balaban J connectivity index is 1.74. The molecule has 2 nitrogen and oxygen atoms in total. The van der Waals surface area contributed by atoms with Gasteiger partial charge in [0.1, 0.15) is 0 Å². The fourth-order valence-electron chi connectivity index (χ4n) is 3.35. The number of ether oxygens (including phenoxy) is 1. The third-order valence-corrected chi connectivity index (χ3v) is 4.62. The van der Waals surface area contributed by atoms with E-state index in [1.54, 1.807) is 0 Å². The van der Waals surface area contributed by atoms with Crippen molar-refractivity contribution in [2.45, 2.75) is 77.4 Å². The summed E-state index contributed by atoms with van der Waals surface area (Å²) in [7, 11) is 0. The van der Waals surface area contributed by atoms with E-state index in [4.69, 9.17) is 4.74 Å². The van der Waals surface area contributed by atoms with Crippen LogP contribution in [0.25, 0.3) is 0 Å². The van der Waals surface area contributed by atoms with E-state index in [0.29, 0.717) is 12.1 Å². The Hall–Kier alpha value is -0.0800. The lowest BCUT2D eigenvalue weighted by Gasteiger charge is -2.36. The molecule has 2 saturated carbocycles. The Morgan fingerprint density at radius 3 is 2.44 bits per heavy atom. The Kier molecular flexibility index (Phi) is 5.97. The van der Waals surface area contributed by atoms with Gasteiger partial charge in [0, 0.05) is 12.6 Å². The summed E-state index contributed by atoms with van der Waals surface area (Å²) in [4.78, 5) is 0. The molecule has 18 heavy (non-hydrogen) atoms. The normalized spacial score (nSPS) is 32.7. The molecule has 2 fully saturated rings. The number of hydrogen-bond donors (Lipinski definition) is 1. The predicted octanol–water partition coefficient (Wildman–Crippen LogP) is 3.75. The second-order valence-corrected chi connectivity index (χ2v) is 6.27. The summed E-state index contributed by atoms with van der Waals surface area (Å²) in [5.41, 5.74) is 0. The summed E-state index contributed by atoms with van der Waals surface area (Å²) >= 11 is 0. The number of likely N-dealkylation sites (N-methyl/N-ethyl adjacent to an activating group) is 1. The molecule has 1 N–H and O–H groups in total. The largest absolute Gasteiger partial charge is 0.377 e. The first-order valence-electron chi connectivity index (χ1n) is 8.18. The van der Waals surface area contributed by atoms with Crippen molar-refractivity contribution in [3.8, 4) is 0 Å². The molecule has 0 saturated heterocycles. The molecule has 2 aliphatic rings. The highest BCUT2D eigenvalue weighted by Gasteiger charge is 2.30. The highest BCUT2D eigenvalue weighted by Crippen LogP contribution is 2.34. The van der Waals surface area contributed by atoms with Crippen molar-refractivity contribution in [3.63, 3.8) is 0 Å². The number of rotatable bonds is 8. The maximum atomic E-state index is 6.21. The Morgan fingerprint density at radius 1 is 1.00 bits per heavy atom. The second kappa shape index (κ2) is 7.49. The molecule has 3 atom stereocenters. The maximum Gasteiger partial charge on any atom is 0.0730 e. The molecule has 0 aromatic heterocycles. The van der Waals surface area contributed by atoms with Gasteiger partial charge in [-0.1, -0.05) is 39.5 Å². The third-order valence-electron chi connectivity index (χ3n) is 4.62. The molecule has 0 radical (unpaired) electrons. The van der Waals surface area contributed by atoms with E-state index in [9.17, 15) is 0 Å². The van der Waals surface area contributed by atoms with E-state index in [1.165, 1.54) is 51.4 Å². The first-order valence-corrected chi connectivity index (χ1v) is 8.18. The quantitative estimate of drug-likeness (QED) is 0.711. The summed E-state index contributed by atoms with van der Waals surface area (Å²) in [5, 5.41) is 3.63. The molecule has 2 rings (SSSR count). The van der Waals surface area contributed by atoms with E-state index in [0.717, 1.165) is 25.0 Å². The molecule has 0 heterocycles. The molecule has 0 spiro atoms. The van der Waals surface area contributed by atoms with Crippen LogP contribution in [-0.4, -0.2) is 25.3 Å². The van der Waals surface area contributed by atoms with Crippen molar-refractivity contribution < 1.29 is 4.74 Å². The van der Waals surface area contributed by atoms with Gasteiger partial charge in [-0.15, -0.1) is 0 Å². The van der Waals surface area contributed by atoms with Crippen molar-refractivity contribution in [3.05, 3.63) is 0 Å². The van der Waals surface area contributed by atoms with Gasteiger partial charge in [0.05, 0.1) is 6.10 Å². The minimum absolute atomic E-state index is 0.481. The summed E-state index contributed by atoms with van der Waals surface area (Å²) in [6, 6.07) is 0.613. The molecular formula is C16H31NO. The first-order chi connectivity index (χ1) is 8.83. The van der Waals surface area contributed by atoms with Crippen molar-refractivity contribution >= 4 is 0 Å². The second-order valence-electron chi connectivity index (χ2n) is 6.27. The summed E-state index contributed by atoms with van der Waals surface area (Å²) in [6.45, 7) is 6.58. The van der Waals surface area contributed by atoms with Crippen LogP contribution in [0.5, 0.6) is 0 Å². The zero-order valence-corrected chi connectivity index (χ0v) is 12.3. The van der Waals surface area contributed by atoms with E-state index >= 15 is 0 Å². The van der Waals surface area contributed by atoms with E-state index in [2.05, 4.69) is 19.2 Å². The van der Waals surface area contributed by atoms with Gasteiger partial charge in [0.25, 0.3) is 0 Å². The summed E-state index contributed by atoms with van der Waals surface area (Å²) < 4.78 is 6.21. The topological polar surface area (TPSA) is 21.3 Å². The summed E-state index contributed by atoms with van der Waals surface area (Å²) in [5.74, 6) is 1.91. The molecule has 0 aromatic rings. The van der Waals surface area contributed by atoms with Gasteiger partial charge in [-0.3, -0.25) is 0 Å². The molecule has 0 aromatic carbocycles. The average molecular weight is 253 g/mol. The highest BCUT2D eigenvalue weighted by atomic mass is 16.5. The number of hydrogen-bond acceptors (Lipinski definition) is 2. The van der Waals surface area contributed by atoms with Crippen molar-refractivity contribution in [1.82, 2.24) is 5.32 Å². The number of nitrogens with one attached hydrogen (secondary N) is 1. The predicted molar refractivity (Wildman–Crippen MR) is 76.8 cm³/mol. The van der Waals surface area contributed by atoms with Crippen LogP contribution in [0.2, 0.25) is 0 Å². The van der Waals surface area contributed by atoms with Crippen LogP contribution in [0, 0.1) is 11.8 Å². The molecule has 2 heteroatoms. The first kappa shape index (κ1) is 14.3. The van der Waals surface area contributed by atoms with Crippen LogP contribution in [0.3, 0.4) is 0 Å². The van der Waals surface area contributed by atoms with Crippen molar-refractivity contribution in [2.75, 3.05) is 13.2 Å². The van der Waals surface area contributed by atoms with Crippen LogP contribution in [-0.2, 0) is 4.74 Å². The van der Waals surface area contributed by atoms with E-state index in [-0.39, 0.29) is 0 Å². The average Bonchev–Trinajstić information content (AvgIpc) is 3.17. The van der Waals surface area contributed by atoms with Gasteiger partial charge < -0.3 is 10.1 Å². The zero-order valence-electron chi connectivity index (χ0n) is 12.3. The lowest BCUT2D eigenvalue weighted by molar-refractivity contribution is -0.0131. The Morgan fingerprint density at radius 2 is 1.78 bits per heavy atom. The fourth-order valence-corrected chi connectivity index (χ4v) is 3.35. The van der Waals surface area contributed by atoms with Gasteiger partial charge in [-0.25, -0.2) is 0 Å². The maximum absolute atomic E-state index is 6.21. The minimum atomic E-state index is 0.481. The molecule has 0 amide bonds. The lowest BCUT2D eigenvalue weighted by Crippen LogP contribution is -2.45. The van der Waals surface area contributed by atoms with Crippen LogP contribution in [0.1, 0.15) is 65.2 Å². The molecule has 0 bridgehead atoms. The Bertz CT molecular complexity index is 227. The smallest absolute Gasteiger partial charge is 0.0730 e. The van der Waals surface area contributed by atoms with Crippen LogP contribution in [0.4, 0.5) is 0 Å². The van der Waals surface area contributed by atoms with Crippen LogP contribution < -0.4 is 5.32 Å². The summed E-state index contributed by atoms with van der Waals surface area (Å²) in [6.07, 6.45) is 11.4. The third kappa shape index (κ3) is 4.55. The van der Waals surface area contributed by atoms with Gasteiger partial charge in [0.2, 0.25) is 0 Å². The van der Waals surface area contributed by atoms with Crippen LogP contribution in [0.15, 0.2) is 0 Å². The van der Waals surface area contributed by atoms with Crippen molar-refractivity contribution in [1.29, 1.82) is 0 Å². The zero-order chi connectivity index (χ0) is 12.8. The van der Waals surface area contributed by atoms with Gasteiger partial charge in [0.15, 0.2) is 0 Å². The fraction of sp³-hybridized carbons (Fsp3) is 1.00. The molecule has 106 valence electrons. The molecule has 2 aliphatic carbocycles. The molecule has 3 unspecified atom stereocenters. The standard InChI is InChI=1S/C16H31NO/c1-3-5-14-8-9-15(17-4-2)16(12-14)18-11-10-13-6-7-13/h13-17H,3-12H2,1-2H3. The SMILES string of the molecule is CCCC1CCC(NCC)C(OCCC2CC2)C1. The van der Waals surface area contributed by atoms with E-state index in [1.807, 2.05) is 0 Å². The Labute approximate surface area is 113 Å². The van der Waals surface area contributed by atoms with E-state index < -0.39 is 0 Å². The van der Waals surface area contributed by atoms with Crippen molar-refractivity contribution in [2.24, 2.45) is 11.8 Å². The molecular weight excluding hydrogens is 222 g/mol. The monoisotopic (exact) mass is 253 g/mol. The minimum Gasteiger partial charge on any atom is -0.377 e. The van der Waals surface area contributed by atoms with Crippen LogP contribution >= 0.6 is 0 Å². The lowest BCUT2D eigenvalue weighted by atomic mass is 9.81. The highest BCUT2D eigenvalue weighted by molar-refractivity contribution is 4.85. The van der Waals surface area contributed by atoms with Gasteiger partial charge in [-0.05, 0) is 44.1 Å². The van der Waals surface area contributed by atoms with Gasteiger partial charge in [-0.2, -0.15) is 0 Å². The van der Waals surface area contributed by atoms with Gasteiger partial charge >= 0.3 is 0 Å².